The van der Waals surface area contributed by atoms with E-state index in [-0.39, 0.29) is 0 Å². The van der Waals surface area contributed by atoms with Gasteiger partial charge in [0.2, 0.25) is 0 Å². The molecule has 0 N–H and O–H groups in total. The molecule has 0 unspecified atom stereocenters. The van der Waals surface area contributed by atoms with Crippen molar-refractivity contribution in [1.29, 1.82) is 0 Å². The fraction of sp³-hybridized carbons (Fsp3) is 0.0303. The zero-order chi connectivity index (χ0) is 45.8. The third-order valence-corrected chi connectivity index (χ3v) is 16.3. The van der Waals surface area contributed by atoms with Gasteiger partial charge in [0.25, 0.3) is 0 Å². The zero-order valence-electron chi connectivity index (χ0n) is 37.7. The largest absolute Gasteiger partial charge is 0.228 e. The van der Waals surface area contributed by atoms with E-state index < -0.39 is 10.8 Å². The van der Waals surface area contributed by atoms with Gasteiger partial charge in [0.15, 0.2) is 5.82 Å². The van der Waals surface area contributed by atoms with Gasteiger partial charge in [0.05, 0.1) is 22.2 Å². The number of benzene rings is 9. The number of hydrogen-bond donors (Lipinski definition) is 0. The molecule has 14 rings (SSSR count). The van der Waals surface area contributed by atoms with E-state index in [0.29, 0.717) is 5.82 Å². The number of allylic oxidation sites excluding steroid dienone is 4. The first-order valence-corrected chi connectivity index (χ1v) is 24.4. The Balaban J connectivity index is 0.990. The summed E-state index contributed by atoms with van der Waals surface area (Å²) in [5.74, 6) is 0.668. The Bertz CT molecular complexity index is 3910. The molecular formula is C66H42N2S. The lowest BCUT2D eigenvalue weighted by molar-refractivity contribution is 0.633. The Hall–Kier alpha value is -8.50. The highest BCUT2D eigenvalue weighted by Gasteiger charge is 2.59. The molecule has 0 radical (unpaired) electrons. The summed E-state index contributed by atoms with van der Waals surface area (Å²) in [5, 5.41) is 2.62. The highest BCUT2D eigenvalue weighted by atomic mass is 32.1. The molecule has 2 spiro atoms. The lowest BCUT2D eigenvalue weighted by Gasteiger charge is -2.48. The molecule has 0 atom stereocenters. The minimum Gasteiger partial charge on any atom is -0.228 e. The molecule has 9 aromatic carbocycles. The first kappa shape index (κ1) is 39.6. The monoisotopic (exact) mass is 894 g/mol. The van der Waals surface area contributed by atoms with Crippen molar-refractivity contribution in [1.82, 2.24) is 9.97 Å². The molecule has 11 aromatic rings. The van der Waals surface area contributed by atoms with Crippen LogP contribution in [0.3, 0.4) is 0 Å². The molecule has 2 heterocycles. The molecule has 322 valence electrons. The van der Waals surface area contributed by atoms with Crippen LogP contribution in [0.5, 0.6) is 0 Å². The quantitative estimate of drug-likeness (QED) is 0.155. The van der Waals surface area contributed by atoms with Crippen molar-refractivity contribution >= 4 is 37.1 Å². The van der Waals surface area contributed by atoms with E-state index in [9.17, 15) is 0 Å². The summed E-state index contributed by atoms with van der Waals surface area (Å²) in [7, 11) is 0. The third-order valence-electron chi connectivity index (χ3n) is 15.1. The number of rotatable bonds is 6. The van der Waals surface area contributed by atoms with Gasteiger partial charge in [0, 0.05) is 31.3 Å². The second-order valence-electron chi connectivity index (χ2n) is 18.4. The maximum absolute atomic E-state index is 5.10. The normalized spacial score (nSPS) is 14.2. The van der Waals surface area contributed by atoms with Gasteiger partial charge < -0.3 is 0 Å². The van der Waals surface area contributed by atoms with E-state index in [0.717, 1.165) is 33.7 Å². The van der Waals surface area contributed by atoms with Crippen molar-refractivity contribution < 1.29 is 0 Å². The van der Waals surface area contributed by atoms with Crippen LogP contribution in [0.4, 0.5) is 0 Å². The molecule has 0 fully saturated rings. The summed E-state index contributed by atoms with van der Waals surface area (Å²) >= 11 is 1.89. The maximum atomic E-state index is 5.10. The fourth-order valence-corrected chi connectivity index (χ4v) is 13.5. The summed E-state index contributed by atoms with van der Waals surface area (Å²) in [6, 6.07) is 79.2. The zero-order valence-corrected chi connectivity index (χ0v) is 38.5. The van der Waals surface area contributed by atoms with E-state index in [1.807, 2.05) is 59.9 Å². The smallest absolute Gasteiger partial charge is 0.160 e. The first-order chi connectivity index (χ1) is 34.1. The summed E-state index contributed by atoms with van der Waals surface area (Å²) in [5.41, 5.74) is 21.7. The second kappa shape index (κ2) is 15.0. The average Bonchev–Trinajstić information content (AvgIpc) is 4.03. The topological polar surface area (TPSA) is 25.8 Å². The van der Waals surface area contributed by atoms with E-state index >= 15 is 0 Å². The Morgan fingerprint density at radius 1 is 0.391 bits per heavy atom. The molecule has 3 heteroatoms. The molecule has 2 nitrogen and oxygen atoms in total. The summed E-state index contributed by atoms with van der Waals surface area (Å²) in [6.45, 7) is 8.01. The Labute approximate surface area is 405 Å². The summed E-state index contributed by atoms with van der Waals surface area (Å²) < 4.78 is 2.62. The predicted octanol–water partition coefficient (Wildman–Crippen LogP) is 16.6. The minimum atomic E-state index is -0.583. The van der Waals surface area contributed by atoms with Crippen LogP contribution in [0, 0.1) is 0 Å². The van der Waals surface area contributed by atoms with Crippen molar-refractivity contribution in [2.75, 3.05) is 0 Å². The predicted molar refractivity (Wildman–Crippen MR) is 288 cm³/mol. The van der Waals surface area contributed by atoms with E-state index in [1.54, 1.807) is 6.08 Å². The lowest BCUT2D eigenvalue weighted by Crippen LogP contribution is -2.43. The number of nitrogens with zero attached hydrogens (tertiary/aromatic N) is 2. The number of hydrogen-bond acceptors (Lipinski definition) is 3. The van der Waals surface area contributed by atoms with Crippen molar-refractivity contribution in [3.63, 3.8) is 0 Å². The van der Waals surface area contributed by atoms with E-state index in [1.165, 1.54) is 92.5 Å². The minimum absolute atomic E-state index is 0.489. The molecule has 0 amide bonds. The SMILES string of the molecule is C=C/C=C(\C=C)c1cc(-c2ccc(-c3ccc4c(c3)-c3cc5sc6ccccc6c5cc3C43c4ccccc4C4(c5ccccc5-c5ccccc54)c4ccccc43)cc2)nc(-c2ccccc2)n1. The number of thiophene rings is 1. The fourth-order valence-electron chi connectivity index (χ4n) is 12.4. The van der Waals surface area contributed by atoms with Crippen LogP contribution in [0.1, 0.15) is 50.2 Å². The van der Waals surface area contributed by atoms with Gasteiger partial charge in [-0.1, -0.05) is 213 Å². The van der Waals surface area contributed by atoms with Gasteiger partial charge >= 0.3 is 0 Å². The van der Waals surface area contributed by atoms with Gasteiger partial charge in [-0.25, -0.2) is 9.97 Å². The highest BCUT2D eigenvalue weighted by molar-refractivity contribution is 7.25. The van der Waals surface area contributed by atoms with E-state index in [4.69, 9.17) is 9.97 Å². The summed E-state index contributed by atoms with van der Waals surface area (Å²) in [4.78, 5) is 10.1. The van der Waals surface area contributed by atoms with Gasteiger partial charge in [0.1, 0.15) is 0 Å². The Kier molecular flexibility index (Phi) is 8.62. The second-order valence-corrected chi connectivity index (χ2v) is 19.5. The van der Waals surface area contributed by atoms with Gasteiger partial charge in [-0.3, -0.25) is 0 Å². The molecule has 2 aromatic heterocycles. The average molecular weight is 895 g/mol. The van der Waals surface area contributed by atoms with Crippen LogP contribution in [0.25, 0.3) is 81.8 Å². The molecule has 0 aliphatic heterocycles. The maximum Gasteiger partial charge on any atom is 0.160 e. The van der Waals surface area contributed by atoms with Crippen molar-refractivity contribution in [2.45, 2.75) is 10.8 Å². The summed E-state index contributed by atoms with van der Waals surface area (Å²) in [6.07, 6.45) is 5.53. The van der Waals surface area contributed by atoms with Crippen LogP contribution in [-0.4, -0.2) is 9.97 Å². The molecule has 0 saturated carbocycles. The van der Waals surface area contributed by atoms with Crippen LogP contribution in [0.2, 0.25) is 0 Å². The Morgan fingerprint density at radius 3 is 1.58 bits per heavy atom. The van der Waals surface area contributed by atoms with Crippen LogP contribution >= 0.6 is 11.3 Å². The third kappa shape index (κ3) is 5.42. The first-order valence-electron chi connectivity index (χ1n) is 23.6. The van der Waals surface area contributed by atoms with E-state index in [2.05, 4.69) is 189 Å². The van der Waals surface area contributed by atoms with Crippen LogP contribution in [0.15, 0.2) is 244 Å². The lowest BCUT2D eigenvalue weighted by atomic mass is 9.52. The van der Waals surface area contributed by atoms with Crippen molar-refractivity contribution in [3.05, 3.63) is 294 Å². The molecule has 3 aliphatic carbocycles. The number of aromatic nitrogens is 2. The van der Waals surface area contributed by atoms with Gasteiger partial charge in [-0.05, 0) is 114 Å². The highest BCUT2D eigenvalue weighted by Crippen LogP contribution is 2.68. The molecule has 0 saturated heterocycles. The van der Waals surface area contributed by atoms with Crippen LogP contribution < -0.4 is 0 Å². The van der Waals surface area contributed by atoms with Gasteiger partial charge in [-0.15, -0.1) is 11.3 Å². The standard InChI is InChI=1S/C66H42N2S/c1-3-18-41(4-2)60-40-61(68-64(67-60)44-19-6-5-7-20-44)43-33-31-42(32-34-43)45-35-36-54-49(37-45)50-39-63-51(48-23-10-17-30-62(48)69-63)38-59(50)66(54)57-28-15-13-26-55(57)65(56-27-14-16-29-58(56)66)52-24-11-8-21-46(52)47-22-9-12-25-53(47)65/h3-40H,1-2H2/b41-18+. The molecule has 0 bridgehead atoms. The number of fused-ring (bicyclic) bond motifs is 19. The van der Waals surface area contributed by atoms with Gasteiger partial charge in [-0.2, -0.15) is 0 Å². The molecular weight excluding hydrogens is 853 g/mol. The van der Waals surface area contributed by atoms with Crippen LogP contribution in [-0.2, 0) is 10.8 Å². The van der Waals surface area contributed by atoms with Crippen molar-refractivity contribution in [3.8, 4) is 56.0 Å². The molecule has 69 heavy (non-hydrogen) atoms. The molecule has 3 aliphatic rings. The Morgan fingerprint density at radius 2 is 0.928 bits per heavy atom. The van der Waals surface area contributed by atoms with Crippen molar-refractivity contribution in [2.24, 2.45) is 0 Å².